The Hall–Kier alpha value is -2.36. The number of nitrogens with one attached hydrogen (secondary N) is 3. The molecule has 0 aliphatic heterocycles. The molecule has 0 fully saturated rings. The Kier molecular flexibility index (Phi) is 8.04. The quantitative estimate of drug-likeness (QED) is 0.234. The second-order valence-electron chi connectivity index (χ2n) is 6.16. The molecule has 3 rings (SSSR count). The number of aliphatic imine (C=N–C) groups is 1. The number of aromatic hydroxyl groups is 1. The van der Waals surface area contributed by atoms with Crippen LogP contribution in [0.25, 0.3) is 10.9 Å². The average molecular weight is 500 g/mol. The van der Waals surface area contributed by atoms with E-state index >= 15 is 0 Å². The minimum atomic E-state index is -0.660. The molecule has 4 N–H and O–H groups in total. The van der Waals surface area contributed by atoms with E-state index in [9.17, 15) is 13.9 Å². The number of hydrogen-bond acceptors (Lipinski definition) is 2. The van der Waals surface area contributed by atoms with Crippen molar-refractivity contribution in [1.29, 1.82) is 0 Å². The van der Waals surface area contributed by atoms with Crippen LogP contribution in [0.4, 0.5) is 8.78 Å². The molecule has 2 aromatic carbocycles. The van der Waals surface area contributed by atoms with Crippen molar-refractivity contribution in [1.82, 2.24) is 15.6 Å². The molecule has 28 heavy (non-hydrogen) atoms. The third-order valence-corrected chi connectivity index (χ3v) is 4.19. The highest BCUT2D eigenvalue weighted by Crippen LogP contribution is 2.19. The van der Waals surface area contributed by atoms with Crippen molar-refractivity contribution in [2.45, 2.75) is 19.9 Å². The number of rotatable bonds is 6. The van der Waals surface area contributed by atoms with E-state index in [1.807, 2.05) is 13.1 Å². The molecule has 0 amide bonds. The largest absolute Gasteiger partial charge is 0.505 e. The molecule has 0 radical (unpaired) electrons. The SMILES string of the molecule is CCNC(=NCc1ccc(O)c(F)c1)NCCc1c[nH]c2ccc(F)cc12.I. The molecule has 0 spiro atoms. The average Bonchev–Trinajstić information content (AvgIpc) is 3.04. The van der Waals surface area contributed by atoms with Crippen LogP contribution in [-0.4, -0.2) is 29.1 Å². The molecule has 0 aliphatic rings. The molecule has 0 saturated heterocycles. The van der Waals surface area contributed by atoms with Gasteiger partial charge in [-0.05, 0) is 54.8 Å². The van der Waals surface area contributed by atoms with E-state index in [4.69, 9.17) is 0 Å². The van der Waals surface area contributed by atoms with Gasteiger partial charge in [0.25, 0.3) is 0 Å². The van der Waals surface area contributed by atoms with E-state index in [0.717, 1.165) is 16.5 Å². The number of guanidine groups is 1. The van der Waals surface area contributed by atoms with E-state index in [1.54, 1.807) is 12.1 Å². The zero-order valence-corrected chi connectivity index (χ0v) is 17.8. The minimum Gasteiger partial charge on any atom is -0.505 e. The Labute approximate surface area is 179 Å². The lowest BCUT2D eigenvalue weighted by atomic mass is 10.1. The fraction of sp³-hybridized carbons (Fsp3) is 0.250. The van der Waals surface area contributed by atoms with Gasteiger partial charge in [0.2, 0.25) is 0 Å². The lowest BCUT2D eigenvalue weighted by molar-refractivity contribution is 0.432. The number of fused-ring (bicyclic) bond motifs is 1. The number of benzene rings is 2. The maximum absolute atomic E-state index is 13.5. The zero-order chi connectivity index (χ0) is 19.2. The van der Waals surface area contributed by atoms with Gasteiger partial charge in [0.15, 0.2) is 17.5 Å². The van der Waals surface area contributed by atoms with Crippen LogP contribution in [0, 0.1) is 11.6 Å². The molecule has 3 aromatic rings. The van der Waals surface area contributed by atoms with E-state index in [-0.39, 0.29) is 42.1 Å². The van der Waals surface area contributed by atoms with Crippen LogP contribution < -0.4 is 10.6 Å². The van der Waals surface area contributed by atoms with Gasteiger partial charge in [0.05, 0.1) is 6.54 Å². The first-order valence-corrected chi connectivity index (χ1v) is 8.82. The maximum Gasteiger partial charge on any atom is 0.191 e. The molecule has 0 unspecified atom stereocenters. The summed E-state index contributed by atoms with van der Waals surface area (Å²) in [4.78, 5) is 7.57. The van der Waals surface area contributed by atoms with E-state index in [2.05, 4.69) is 20.6 Å². The monoisotopic (exact) mass is 500 g/mol. The molecule has 0 aliphatic carbocycles. The van der Waals surface area contributed by atoms with Crippen LogP contribution in [-0.2, 0) is 13.0 Å². The molecule has 150 valence electrons. The molecule has 5 nitrogen and oxygen atoms in total. The Bertz CT molecular complexity index is 959. The number of aromatic nitrogens is 1. The minimum absolute atomic E-state index is 0. The van der Waals surface area contributed by atoms with Crippen LogP contribution in [0.1, 0.15) is 18.1 Å². The van der Waals surface area contributed by atoms with Crippen molar-refractivity contribution in [2.75, 3.05) is 13.1 Å². The van der Waals surface area contributed by atoms with Gasteiger partial charge in [-0.1, -0.05) is 6.07 Å². The summed E-state index contributed by atoms with van der Waals surface area (Å²) in [6, 6.07) is 8.90. The van der Waals surface area contributed by atoms with Crippen LogP contribution in [0.5, 0.6) is 5.75 Å². The second kappa shape index (κ2) is 10.3. The van der Waals surface area contributed by atoms with Gasteiger partial charge in [-0.15, -0.1) is 24.0 Å². The molecule has 1 heterocycles. The fourth-order valence-electron chi connectivity index (χ4n) is 2.83. The number of phenolic OH excluding ortho intramolecular Hbond substituents is 1. The summed E-state index contributed by atoms with van der Waals surface area (Å²) >= 11 is 0. The number of hydrogen-bond donors (Lipinski definition) is 4. The predicted octanol–water partition coefficient (Wildman–Crippen LogP) is 4.07. The van der Waals surface area contributed by atoms with Crippen molar-refractivity contribution in [3.8, 4) is 5.75 Å². The molecular weight excluding hydrogens is 477 g/mol. The van der Waals surface area contributed by atoms with Crippen LogP contribution in [0.3, 0.4) is 0 Å². The van der Waals surface area contributed by atoms with E-state index < -0.39 is 5.82 Å². The Morgan fingerprint density at radius 2 is 1.96 bits per heavy atom. The summed E-state index contributed by atoms with van der Waals surface area (Å²) in [5.41, 5.74) is 2.59. The van der Waals surface area contributed by atoms with Crippen LogP contribution >= 0.6 is 24.0 Å². The molecular formula is C20H23F2IN4O. The number of aromatic amines is 1. The molecule has 8 heteroatoms. The van der Waals surface area contributed by atoms with Gasteiger partial charge in [0.1, 0.15) is 5.82 Å². The normalized spacial score (nSPS) is 11.3. The van der Waals surface area contributed by atoms with Gasteiger partial charge in [-0.25, -0.2) is 13.8 Å². The lowest BCUT2D eigenvalue weighted by Gasteiger charge is -2.11. The third-order valence-electron chi connectivity index (χ3n) is 4.19. The Morgan fingerprint density at radius 3 is 2.71 bits per heavy atom. The van der Waals surface area contributed by atoms with Gasteiger partial charge >= 0.3 is 0 Å². The van der Waals surface area contributed by atoms with Crippen molar-refractivity contribution in [3.63, 3.8) is 0 Å². The first-order valence-electron chi connectivity index (χ1n) is 8.82. The fourth-order valence-corrected chi connectivity index (χ4v) is 2.83. The highest BCUT2D eigenvalue weighted by molar-refractivity contribution is 14.0. The number of halogens is 3. The van der Waals surface area contributed by atoms with Crippen molar-refractivity contribution in [2.24, 2.45) is 4.99 Å². The maximum atomic E-state index is 13.5. The topological polar surface area (TPSA) is 72.4 Å². The smallest absolute Gasteiger partial charge is 0.191 e. The van der Waals surface area contributed by atoms with Crippen molar-refractivity contribution in [3.05, 3.63) is 65.4 Å². The molecule has 0 saturated carbocycles. The number of phenols is 1. The lowest BCUT2D eigenvalue weighted by Crippen LogP contribution is -2.38. The summed E-state index contributed by atoms with van der Waals surface area (Å²) in [6.45, 7) is 3.54. The summed E-state index contributed by atoms with van der Waals surface area (Å²) in [7, 11) is 0. The first kappa shape index (κ1) is 21.9. The summed E-state index contributed by atoms with van der Waals surface area (Å²) in [6.07, 6.45) is 2.58. The third kappa shape index (κ3) is 5.57. The summed E-state index contributed by atoms with van der Waals surface area (Å²) < 4.78 is 26.9. The van der Waals surface area contributed by atoms with E-state index in [1.165, 1.54) is 24.3 Å². The zero-order valence-electron chi connectivity index (χ0n) is 15.4. The van der Waals surface area contributed by atoms with Crippen molar-refractivity contribution >= 4 is 40.8 Å². The van der Waals surface area contributed by atoms with Crippen LogP contribution in [0.15, 0.2) is 47.6 Å². The van der Waals surface area contributed by atoms with Gasteiger partial charge in [-0.3, -0.25) is 0 Å². The van der Waals surface area contributed by atoms with Gasteiger partial charge in [-0.2, -0.15) is 0 Å². The standard InChI is InChI=1S/C20H22F2N4O.HI/c1-2-23-20(26-11-13-3-6-19(27)17(22)9-13)24-8-7-14-12-25-18-5-4-15(21)10-16(14)18;/h3-6,9-10,12,25,27H,2,7-8,11H2,1H3,(H2,23,24,26);1H. The Morgan fingerprint density at radius 1 is 1.14 bits per heavy atom. The molecule has 1 aromatic heterocycles. The van der Waals surface area contributed by atoms with Gasteiger partial charge < -0.3 is 20.7 Å². The first-order chi connectivity index (χ1) is 13.1. The predicted molar refractivity (Wildman–Crippen MR) is 118 cm³/mol. The number of H-pyrrole nitrogens is 1. The molecule has 0 atom stereocenters. The summed E-state index contributed by atoms with van der Waals surface area (Å²) in [5, 5.41) is 16.5. The Balaban J connectivity index is 0.00000280. The highest BCUT2D eigenvalue weighted by Gasteiger charge is 2.06. The van der Waals surface area contributed by atoms with Crippen LogP contribution in [0.2, 0.25) is 0 Å². The summed E-state index contributed by atoms with van der Waals surface area (Å²) in [5.74, 6) is -0.681. The molecule has 0 bridgehead atoms. The highest BCUT2D eigenvalue weighted by atomic mass is 127. The number of nitrogens with zero attached hydrogens (tertiary/aromatic N) is 1. The van der Waals surface area contributed by atoms with Crippen molar-refractivity contribution < 1.29 is 13.9 Å². The van der Waals surface area contributed by atoms with Gasteiger partial charge in [0, 0.05) is 30.2 Å². The van der Waals surface area contributed by atoms with E-state index in [0.29, 0.717) is 31.0 Å². The second-order valence-corrected chi connectivity index (χ2v) is 6.16.